The highest BCUT2D eigenvalue weighted by molar-refractivity contribution is 5.96. The number of hydrogen-bond donors (Lipinski definition) is 1. The molecule has 1 N–H and O–H groups in total. The van der Waals surface area contributed by atoms with Gasteiger partial charge in [-0.15, -0.1) is 0 Å². The summed E-state index contributed by atoms with van der Waals surface area (Å²) in [5.74, 6) is 0.744. The lowest BCUT2D eigenvalue weighted by molar-refractivity contribution is 0.0988. The van der Waals surface area contributed by atoms with Crippen LogP contribution in [0.5, 0.6) is 0 Å². The predicted octanol–water partition coefficient (Wildman–Crippen LogP) is 2.27. The van der Waals surface area contributed by atoms with Gasteiger partial charge in [0.1, 0.15) is 0 Å². The van der Waals surface area contributed by atoms with Crippen LogP contribution in [0, 0.1) is 0 Å². The number of benzene rings is 1. The van der Waals surface area contributed by atoms with Crippen LogP contribution in [0.25, 0.3) is 0 Å². The molecule has 0 unspecified atom stereocenters. The summed E-state index contributed by atoms with van der Waals surface area (Å²) < 4.78 is 4.62. The number of anilines is 1. The van der Waals surface area contributed by atoms with Crippen molar-refractivity contribution >= 4 is 11.5 Å². The molecule has 5 nitrogen and oxygen atoms in total. The summed E-state index contributed by atoms with van der Waals surface area (Å²) in [7, 11) is 0. The molecule has 0 aliphatic rings. The molecule has 1 aromatic heterocycles. The summed E-state index contributed by atoms with van der Waals surface area (Å²) in [6.07, 6.45) is 1.82. The van der Waals surface area contributed by atoms with Gasteiger partial charge in [-0.3, -0.25) is 4.79 Å². The predicted molar refractivity (Wildman–Crippen MR) is 62.7 cm³/mol. The molecule has 0 aliphatic carbocycles. The van der Waals surface area contributed by atoms with E-state index in [0.29, 0.717) is 18.8 Å². The maximum absolute atomic E-state index is 11.4. The van der Waals surface area contributed by atoms with Crippen LogP contribution in [0.1, 0.15) is 29.5 Å². The first-order valence-electron chi connectivity index (χ1n) is 5.42. The number of Topliss-reactive ketones (excluding diaryl/α,β-unsaturated/α-hetero) is 1. The van der Waals surface area contributed by atoms with Crippen molar-refractivity contribution in [3.05, 3.63) is 42.0 Å². The zero-order chi connectivity index (χ0) is 12.1. The minimum absolute atomic E-state index is 0.148. The standard InChI is InChI=1S/C12H13N3O2/c1-2-11(16)9-3-5-10(6-4-9)13-7-12-14-8-17-15-12/h3-6,8,13H,2,7H2,1H3. The molecule has 5 heteroatoms. The van der Waals surface area contributed by atoms with Crippen LogP contribution in [0.2, 0.25) is 0 Å². The second-order valence-corrected chi connectivity index (χ2v) is 3.56. The average Bonchev–Trinajstić information content (AvgIpc) is 2.89. The van der Waals surface area contributed by atoms with Gasteiger partial charge in [0.15, 0.2) is 11.6 Å². The molecule has 0 aliphatic heterocycles. The summed E-state index contributed by atoms with van der Waals surface area (Å²) in [4.78, 5) is 15.3. The third kappa shape index (κ3) is 2.90. The summed E-state index contributed by atoms with van der Waals surface area (Å²) in [6.45, 7) is 2.35. The molecule has 0 radical (unpaired) electrons. The minimum atomic E-state index is 0.148. The Balaban J connectivity index is 1.96. The lowest BCUT2D eigenvalue weighted by Gasteiger charge is -2.04. The molecule has 0 spiro atoms. The van der Waals surface area contributed by atoms with Crippen molar-refractivity contribution in [1.82, 2.24) is 10.1 Å². The third-order valence-electron chi connectivity index (χ3n) is 2.39. The summed E-state index contributed by atoms with van der Waals surface area (Å²) in [6, 6.07) is 7.35. The number of ketones is 1. The second-order valence-electron chi connectivity index (χ2n) is 3.56. The first-order chi connectivity index (χ1) is 8.29. The van der Waals surface area contributed by atoms with Crippen molar-refractivity contribution < 1.29 is 9.32 Å². The Morgan fingerprint density at radius 2 is 2.12 bits per heavy atom. The van der Waals surface area contributed by atoms with Crippen LogP contribution in [0.3, 0.4) is 0 Å². The number of rotatable bonds is 5. The molecule has 17 heavy (non-hydrogen) atoms. The molecule has 0 saturated carbocycles. The highest BCUT2D eigenvalue weighted by Crippen LogP contribution is 2.11. The summed E-state index contributed by atoms with van der Waals surface area (Å²) in [5, 5.41) is 6.82. The van der Waals surface area contributed by atoms with Gasteiger partial charge in [-0.05, 0) is 24.3 Å². The van der Waals surface area contributed by atoms with E-state index in [9.17, 15) is 4.79 Å². The summed E-state index contributed by atoms with van der Waals surface area (Å²) in [5.41, 5.74) is 1.65. The first-order valence-corrected chi connectivity index (χ1v) is 5.42. The maximum atomic E-state index is 11.4. The Morgan fingerprint density at radius 1 is 1.35 bits per heavy atom. The van der Waals surface area contributed by atoms with Gasteiger partial charge in [0.25, 0.3) is 0 Å². The molecule has 0 amide bonds. The maximum Gasteiger partial charge on any atom is 0.213 e. The zero-order valence-corrected chi connectivity index (χ0v) is 9.51. The van der Waals surface area contributed by atoms with Gasteiger partial charge in [-0.2, -0.15) is 4.98 Å². The van der Waals surface area contributed by atoms with E-state index in [4.69, 9.17) is 0 Å². The minimum Gasteiger partial charge on any atom is -0.378 e. The number of hydrogen-bond acceptors (Lipinski definition) is 5. The Hall–Kier alpha value is -2.17. The van der Waals surface area contributed by atoms with Crippen LogP contribution in [0.15, 0.2) is 35.2 Å². The Bertz CT molecular complexity index is 477. The molecule has 0 atom stereocenters. The Morgan fingerprint density at radius 3 is 2.71 bits per heavy atom. The lowest BCUT2D eigenvalue weighted by Crippen LogP contribution is -2.02. The summed E-state index contributed by atoms with van der Waals surface area (Å²) >= 11 is 0. The van der Waals surface area contributed by atoms with E-state index >= 15 is 0 Å². The SMILES string of the molecule is CCC(=O)c1ccc(NCc2ncon2)cc1. The average molecular weight is 231 g/mol. The van der Waals surface area contributed by atoms with Gasteiger partial charge in [0.05, 0.1) is 6.54 Å². The highest BCUT2D eigenvalue weighted by atomic mass is 16.5. The van der Waals surface area contributed by atoms with Gasteiger partial charge in [-0.1, -0.05) is 12.1 Å². The van der Waals surface area contributed by atoms with Gasteiger partial charge >= 0.3 is 0 Å². The van der Waals surface area contributed by atoms with E-state index in [1.807, 2.05) is 31.2 Å². The van der Waals surface area contributed by atoms with Crippen LogP contribution in [0.4, 0.5) is 5.69 Å². The molecule has 0 fully saturated rings. The van der Waals surface area contributed by atoms with Crippen LogP contribution >= 0.6 is 0 Å². The van der Waals surface area contributed by atoms with Crippen LogP contribution in [-0.4, -0.2) is 15.9 Å². The molecule has 0 saturated heterocycles. The molecule has 88 valence electrons. The fraction of sp³-hybridized carbons (Fsp3) is 0.250. The molecule has 2 aromatic rings. The Kier molecular flexibility index (Phi) is 3.49. The number of carbonyl (C=O) groups excluding carboxylic acids is 1. The normalized spacial score (nSPS) is 10.2. The number of nitrogens with one attached hydrogen (secondary N) is 1. The van der Waals surface area contributed by atoms with E-state index in [0.717, 1.165) is 11.3 Å². The molecular formula is C12H13N3O2. The van der Waals surface area contributed by atoms with Crippen molar-refractivity contribution in [2.24, 2.45) is 0 Å². The largest absolute Gasteiger partial charge is 0.378 e. The monoisotopic (exact) mass is 231 g/mol. The van der Waals surface area contributed by atoms with E-state index in [-0.39, 0.29) is 5.78 Å². The van der Waals surface area contributed by atoms with Crippen molar-refractivity contribution in [2.45, 2.75) is 19.9 Å². The third-order valence-corrected chi connectivity index (χ3v) is 2.39. The fourth-order valence-electron chi connectivity index (χ4n) is 1.43. The van der Waals surface area contributed by atoms with Gasteiger partial charge < -0.3 is 9.84 Å². The molecule has 2 rings (SSSR count). The van der Waals surface area contributed by atoms with Gasteiger partial charge in [0.2, 0.25) is 6.39 Å². The number of nitrogens with zero attached hydrogens (tertiary/aromatic N) is 2. The van der Waals surface area contributed by atoms with Crippen LogP contribution < -0.4 is 5.32 Å². The van der Waals surface area contributed by atoms with Crippen molar-refractivity contribution in [3.8, 4) is 0 Å². The van der Waals surface area contributed by atoms with E-state index in [2.05, 4.69) is 20.0 Å². The highest BCUT2D eigenvalue weighted by Gasteiger charge is 2.03. The molecular weight excluding hydrogens is 218 g/mol. The fourth-order valence-corrected chi connectivity index (χ4v) is 1.43. The zero-order valence-electron chi connectivity index (χ0n) is 9.51. The van der Waals surface area contributed by atoms with Crippen molar-refractivity contribution in [2.75, 3.05) is 5.32 Å². The Labute approximate surface area is 98.8 Å². The van der Waals surface area contributed by atoms with Crippen molar-refractivity contribution in [1.29, 1.82) is 0 Å². The van der Waals surface area contributed by atoms with E-state index < -0.39 is 0 Å². The van der Waals surface area contributed by atoms with Gasteiger partial charge in [0, 0.05) is 17.7 Å². The van der Waals surface area contributed by atoms with E-state index in [1.54, 1.807) is 0 Å². The lowest BCUT2D eigenvalue weighted by atomic mass is 10.1. The first kappa shape index (κ1) is 11.3. The van der Waals surface area contributed by atoms with E-state index in [1.165, 1.54) is 6.39 Å². The van der Waals surface area contributed by atoms with Crippen molar-refractivity contribution in [3.63, 3.8) is 0 Å². The number of aromatic nitrogens is 2. The number of carbonyl (C=O) groups is 1. The molecule has 1 heterocycles. The second kappa shape index (κ2) is 5.25. The quantitative estimate of drug-likeness (QED) is 0.799. The topological polar surface area (TPSA) is 68.0 Å². The smallest absolute Gasteiger partial charge is 0.213 e. The van der Waals surface area contributed by atoms with Gasteiger partial charge in [-0.25, -0.2) is 0 Å². The van der Waals surface area contributed by atoms with Crippen LogP contribution in [-0.2, 0) is 6.54 Å². The molecule has 1 aromatic carbocycles. The molecule has 0 bridgehead atoms.